The Bertz CT molecular complexity index is 1210. The summed E-state index contributed by atoms with van der Waals surface area (Å²) in [6.07, 6.45) is 0. The fraction of sp³-hybridized carbons (Fsp3) is 0.222. The number of amides is 1. The molecule has 4 aromatic rings. The number of carbonyl (C=O) groups is 1. The Morgan fingerprint density at radius 2 is 1.62 bits per heavy atom. The van der Waals surface area contributed by atoms with Gasteiger partial charge in [-0.2, -0.15) is 0 Å². The van der Waals surface area contributed by atoms with Gasteiger partial charge in [-0.1, -0.05) is 48.5 Å². The van der Waals surface area contributed by atoms with E-state index in [0.29, 0.717) is 5.76 Å². The molecule has 32 heavy (non-hydrogen) atoms. The van der Waals surface area contributed by atoms with Crippen LogP contribution in [0.15, 0.2) is 83.3 Å². The van der Waals surface area contributed by atoms with E-state index in [0.717, 1.165) is 54.9 Å². The smallest absolute Gasteiger partial charge is 0.291 e. The molecule has 5 heteroatoms. The van der Waals surface area contributed by atoms with Crippen LogP contribution in [0.2, 0.25) is 0 Å². The van der Waals surface area contributed by atoms with E-state index in [9.17, 15) is 4.79 Å². The third kappa shape index (κ3) is 4.25. The van der Waals surface area contributed by atoms with Crippen LogP contribution in [-0.2, 0) is 6.54 Å². The summed E-state index contributed by atoms with van der Waals surface area (Å²) in [4.78, 5) is 16.8. The summed E-state index contributed by atoms with van der Waals surface area (Å²) in [6, 6.07) is 26.5. The zero-order valence-corrected chi connectivity index (χ0v) is 18.3. The van der Waals surface area contributed by atoms with E-state index >= 15 is 0 Å². The standard InChI is InChI=1S/C27H27N3O2/c1-20-24-9-5-6-10-25(24)32-26(20)27(31)28-22-11-13-23(14-12-22)30-17-15-29(16-18-30)19-21-7-3-2-4-8-21/h2-14H,15-19H2,1H3,(H,28,31)/p+1. The second kappa shape index (κ2) is 8.89. The predicted molar refractivity (Wildman–Crippen MR) is 128 cm³/mol. The summed E-state index contributed by atoms with van der Waals surface area (Å²) in [7, 11) is 0. The molecule has 0 radical (unpaired) electrons. The van der Waals surface area contributed by atoms with E-state index < -0.39 is 0 Å². The van der Waals surface area contributed by atoms with Gasteiger partial charge in [-0.05, 0) is 37.3 Å². The number of quaternary nitrogens is 1. The van der Waals surface area contributed by atoms with Crippen molar-refractivity contribution in [3.8, 4) is 0 Å². The van der Waals surface area contributed by atoms with Crippen molar-refractivity contribution in [2.45, 2.75) is 13.5 Å². The van der Waals surface area contributed by atoms with Crippen LogP contribution in [0.25, 0.3) is 11.0 Å². The lowest BCUT2D eigenvalue weighted by atomic mass is 10.1. The summed E-state index contributed by atoms with van der Waals surface area (Å²) >= 11 is 0. The number of nitrogens with one attached hydrogen (secondary N) is 2. The van der Waals surface area contributed by atoms with Gasteiger partial charge in [-0.15, -0.1) is 0 Å². The summed E-state index contributed by atoms with van der Waals surface area (Å²) in [6.45, 7) is 7.32. The van der Waals surface area contributed by atoms with Gasteiger partial charge in [-0.25, -0.2) is 0 Å². The highest BCUT2D eigenvalue weighted by atomic mass is 16.3. The molecule has 2 N–H and O–H groups in total. The van der Waals surface area contributed by atoms with Crippen LogP contribution in [0.3, 0.4) is 0 Å². The summed E-state index contributed by atoms with van der Waals surface area (Å²) < 4.78 is 5.78. The second-order valence-corrected chi connectivity index (χ2v) is 8.45. The monoisotopic (exact) mass is 426 g/mol. The van der Waals surface area contributed by atoms with Crippen LogP contribution >= 0.6 is 0 Å². The number of benzene rings is 3. The summed E-state index contributed by atoms with van der Waals surface area (Å²) in [5.74, 6) is 0.150. The highest BCUT2D eigenvalue weighted by Gasteiger charge is 2.21. The van der Waals surface area contributed by atoms with E-state index in [1.54, 1.807) is 4.90 Å². The zero-order valence-electron chi connectivity index (χ0n) is 18.3. The minimum atomic E-state index is -0.218. The van der Waals surface area contributed by atoms with Crippen LogP contribution in [0.1, 0.15) is 21.7 Å². The molecule has 3 aromatic carbocycles. The molecule has 0 saturated carbocycles. The number of para-hydroxylation sites is 1. The van der Waals surface area contributed by atoms with E-state index in [-0.39, 0.29) is 5.91 Å². The molecule has 0 aliphatic carbocycles. The van der Waals surface area contributed by atoms with Gasteiger partial charge in [-0.3, -0.25) is 4.79 Å². The fourth-order valence-electron chi connectivity index (χ4n) is 4.48. The quantitative estimate of drug-likeness (QED) is 0.509. The Morgan fingerprint density at radius 1 is 0.938 bits per heavy atom. The topological polar surface area (TPSA) is 49.9 Å². The van der Waals surface area contributed by atoms with Crippen molar-refractivity contribution in [2.75, 3.05) is 36.4 Å². The molecule has 0 atom stereocenters. The van der Waals surface area contributed by atoms with Crippen molar-refractivity contribution in [1.29, 1.82) is 0 Å². The first-order valence-electron chi connectivity index (χ1n) is 11.2. The van der Waals surface area contributed by atoms with Gasteiger partial charge >= 0.3 is 0 Å². The number of anilines is 2. The number of piperazine rings is 1. The van der Waals surface area contributed by atoms with Crippen molar-refractivity contribution < 1.29 is 14.1 Å². The maximum Gasteiger partial charge on any atom is 0.291 e. The van der Waals surface area contributed by atoms with Crippen LogP contribution in [0.5, 0.6) is 0 Å². The lowest BCUT2D eigenvalue weighted by Gasteiger charge is -2.33. The number of hydrogen-bond donors (Lipinski definition) is 2. The first-order valence-corrected chi connectivity index (χ1v) is 11.2. The van der Waals surface area contributed by atoms with Crippen molar-refractivity contribution in [1.82, 2.24) is 0 Å². The predicted octanol–water partition coefficient (Wildman–Crippen LogP) is 3.90. The maximum absolute atomic E-state index is 12.8. The number of fused-ring (bicyclic) bond motifs is 1. The molecule has 1 fully saturated rings. The molecule has 0 unspecified atom stereocenters. The molecule has 1 saturated heterocycles. The first-order chi connectivity index (χ1) is 15.7. The molecule has 162 valence electrons. The molecule has 5 nitrogen and oxygen atoms in total. The Kier molecular flexibility index (Phi) is 5.65. The minimum absolute atomic E-state index is 0.218. The lowest BCUT2D eigenvalue weighted by molar-refractivity contribution is -0.914. The zero-order chi connectivity index (χ0) is 21.9. The second-order valence-electron chi connectivity index (χ2n) is 8.45. The SMILES string of the molecule is Cc1c(C(=O)Nc2ccc(N3CC[NH+](Cc4ccccc4)CC3)cc2)oc2ccccc12. The molecular formula is C27H28N3O2+. The Morgan fingerprint density at radius 3 is 2.34 bits per heavy atom. The Hall–Kier alpha value is -3.57. The number of rotatable bonds is 5. The van der Waals surface area contributed by atoms with Crippen molar-refractivity contribution in [3.63, 3.8) is 0 Å². The van der Waals surface area contributed by atoms with E-state index in [2.05, 4.69) is 52.7 Å². The van der Waals surface area contributed by atoms with E-state index in [1.807, 2.05) is 43.3 Å². The number of carbonyl (C=O) groups excluding carboxylic acids is 1. The van der Waals surface area contributed by atoms with Gasteiger partial charge in [0.05, 0.1) is 26.2 Å². The molecule has 1 amide bonds. The average Bonchev–Trinajstić information content (AvgIpc) is 3.18. The van der Waals surface area contributed by atoms with Gasteiger partial charge in [0, 0.05) is 27.9 Å². The third-order valence-electron chi connectivity index (χ3n) is 6.31. The van der Waals surface area contributed by atoms with Gasteiger partial charge in [0.1, 0.15) is 12.1 Å². The van der Waals surface area contributed by atoms with E-state index in [1.165, 1.54) is 11.3 Å². The largest absolute Gasteiger partial charge is 0.451 e. The highest BCUT2D eigenvalue weighted by molar-refractivity contribution is 6.06. The van der Waals surface area contributed by atoms with Crippen LogP contribution in [0.4, 0.5) is 11.4 Å². The maximum atomic E-state index is 12.8. The van der Waals surface area contributed by atoms with Gasteiger partial charge < -0.3 is 19.5 Å². The number of furan rings is 1. The van der Waals surface area contributed by atoms with Crippen molar-refractivity contribution in [2.24, 2.45) is 0 Å². The van der Waals surface area contributed by atoms with E-state index in [4.69, 9.17) is 4.42 Å². The molecule has 5 rings (SSSR count). The number of hydrogen-bond acceptors (Lipinski definition) is 3. The molecule has 1 aliphatic rings. The van der Waals surface area contributed by atoms with Crippen LogP contribution < -0.4 is 15.1 Å². The fourth-order valence-corrected chi connectivity index (χ4v) is 4.48. The van der Waals surface area contributed by atoms with Gasteiger partial charge in [0.15, 0.2) is 5.76 Å². The third-order valence-corrected chi connectivity index (χ3v) is 6.31. The summed E-state index contributed by atoms with van der Waals surface area (Å²) in [5.41, 5.74) is 4.97. The van der Waals surface area contributed by atoms with Crippen LogP contribution in [-0.4, -0.2) is 32.1 Å². The normalized spacial score (nSPS) is 14.6. The summed E-state index contributed by atoms with van der Waals surface area (Å²) in [5, 5.41) is 3.94. The van der Waals surface area contributed by atoms with Gasteiger partial charge in [0.2, 0.25) is 0 Å². The van der Waals surface area contributed by atoms with Crippen molar-refractivity contribution >= 4 is 28.3 Å². The molecule has 1 aliphatic heterocycles. The molecule has 0 bridgehead atoms. The average molecular weight is 427 g/mol. The lowest BCUT2D eigenvalue weighted by Crippen LogP contribution is -3.13. The molecule has 2 heterocycles. The molecular weight excluding hydrogens is 398 g/mol. The molecule has 0 spiro atoms. The Balaban J connectivity index is 1.19. The highest BCUT2D eigenvalue weighted by Crippen LogP contribution is 2.26. The number of aryl methyl sites for hydroxylation is 1. The molecule has 1 aromatic heterocycles. The minimum Gasteiger partial charge on any atom is -0.451 e. The number of nitrogens with zero attached hydrogens (tertiary/aromatic N) is 1. The van der Waals surface area contributed by atoms with Gasteiger partial charge in [0.25, 0.3) is 5.91 Å². The van der Waals surface area contributed by atoms with Crippen molar-refractivity contribution in [3.05, 3.63) is 95.7 Å². The van der Waals surface area contributed by atoms with Crippen LogP contribution in [0, 0.1) is 6.92 Å². The first kappa shape index (κ1) is 20.3. The Labute approximate surface area is 188 Å².